The van der Waals surface area contributed by atoms with Gasteiger partial charge in [0, 0.05) is 6.42 Å². The molecule has 2 amide bonds. The van der Waals surface area contributed by atoms with Gasteiger partial charge in [0.05, 0.1) is 6.54 Å². The molecule has 20 heavy (non-hydrogen) atoms. The second kappa shape index (κ2) is 7.08. The van der Waals surface area contributed by atoms with Gasteiger partial charge in [0.2, 0.25) is 5.91 Å². The Kier molecular flexibility index (Phi) is 5.74. The SMILES string of the molecule is CCCC(=O)N(Cc1ccccc1)C(=O)OC(C)(C)C. The summed E-state index contributed by atoms with van der Waals surface area (Å²) in [6.45, 7) is 7.52. The van der Waals surface area contributed by atoms with Crippen molar-refractivity contribution in [1.82, 2.24) is 4.90 Å². The summed E-state index contributed by atoms with van der Waals surface area (Å²) >= 11 is 0. The molecule has 1 aromatic rings. The third-order valence-corrected chi connectivity index (χ3v) is 2.56. The number of hydrogen-bond acceptors (Lipinski definition) is 3. The summed E-state index contributed by atoms with van der Waals surface area (Å²) in [5.74, 6) is -0.203. The first-order valence-electron chi connectivity index (χ1n) is 6.90. The highest BCUT2D eigenvalue weighted by Gasteiger charge is 2.26. The Morgan fingerprint density at radius 1 is 1.15 bits per heavy atom. The number of imide groups is 1. The molecule has 0 aliphatic carbocycles. The average molecular weight is 277 g/mol. The fraction of sp³-hybridized carbons (Fsp3) is 0.500. The van der Waals surface area contributed by atoms with Crippen molar-refractivity contribution in [3.63, 3.8) is 0 Å². The number of carbonyl (C=O) groups is 2. The molecule has 0 saturated heterocycles. The maximum Gasteiger partial charge on any atom is 0.417 e. The molecule has 0 heterocycles. The van der Waals surface area contributed by atoms with Crippen molar-refractivity contribution in [2.45, 2.75) is 52.7 Å². The molecule has 110 valence electrons. The van der Waals surface area contributed by atoms with Crippen molar-refractivity contribution in [3.8, 4) is 0 Å². The molecule has 1 aromatic carbocycles. The molecule has 0 saturated carbocycles. The lowest BCUT2D eigenvalue weighted by Gasteiger charge is -2.26. The zero-order valence-electron chi connectivity index (χ0n) is 12.7. The molecule has 4 nitrogen and oxygen atoms in total. The first-order chi connectivity index (χ1) is 9.33. The van der Waals surface area contributed by atoms with Crippen LogP contribution in [0, 0.1) is 0 Å². The molecule has 0 atom stereocenters. The summed E-state index contributed by atoms with van der Waals surface area (Å²) in [5, 5.41) is 0. The van der Waals surface area contributed by atoms with Crippen LogP contribution in [0.4, 0.5) is 4.79 Å². The summed E-state index contributed by atoms with van der Waals surface area (Å²) in [7, 11) is 0. The van der Waals surface area contributed by atoms with Gasteiger partial charge in [-0.3, -0.25) is 4.79 Å². The lowest BCUT2D eigenvalue weighted by atomic mass is 10.2. The number of ether oxygens (including phenoxy) is 1. The highest BCUT2D eigenvalue weighted by atomic mass is 16.6. The Morgan fingerprint density at radius 2 is 1.75 bits per heavy atom. The Balaban J connectivity index is 2.85. The van der Waals surface area contributed by atoms with Crippen molar-refractivity contribution >= 4 is 12.0 Å². The Labute approximate surface area is 120 Å². The minimum absolute atomic E-state index is 0.203. The van der Waals surface area contributed by atoms with Crippen molar-refractivity contribution in [2.75, 3.05) is 0 Å². The largest absolute Gasteiger partial charge is 0.443 e. The van der Waals surface area contributed by atoms with Gasteiger partial charge in [-0.25, -0.2) is 9.69 Å². The molecule has 0 radical (unpaired) electrons. The second-order valence-electron chi connectivity index (χ2n) is 5.70. The molecule has 0 N–H and O–H groups in total. The molecule has 4 heteroatoms. The molecule has 0 aromatic heterocycles. The van der Waals surface area contributed by atoms with Gasteiger partial charge in [0.25, 0.3) is 0 Å². The van der Waals surface area contributed by atoms with Gasteiger partial charge >= 0.3 is 6.09 Å². The van der Waals surface area contributed by atoms with Crippen molar-refractivity contribution in [2.24, 2.45) is 0 Å². The maximum absolute atomic E-state index is 12.2. The third kappa shape index (κ3) is 5.43. The molecule has 1 rings (SSSR count). The average Bonchev–Trinajstić information content (AvgIpc) is 2.35. The van der Waals surface area contributed by atoms with E-state index in [-0.39, 0.29) is 12.5 Å². The number of amides is 2. The molecule has 0 bridgehead atoms. The van der Waals surface area contributed by atoms with E-state index in [0.29, 0.717) is 12.8 Å². The minimum Gasteiger partial charge on any atom is -0.443 e. The van der Waals surface area contributed by atoms with Crippen LogP contribution in [0.5, 0.6) is 0 Å². The number of rotatable bonds is 4. The van der Waals surface area contributed by atoms with Crippen LogP contribution in [0.15, 0.2) is 30.3 Å². The maximum atomic E-state index is 12.2. The summed E-state index contributed by atoms with van der Waals surface area (Å²) < 4.78 is 5.31. The minimum atomic E-state index is -0.613. The standard InChI is InChI=1S/C16H23NO3/c1-5-9-14(18)17(15(19)20-16(2,3)4)12-13-10-7-6-8-11-13/h6-8,10-11H,5,9,12H2,1-4H3. The quantitative estimate of drug-likeness (QED) is 0.842. The van der Waals surface area contributed by atoms with Crippen molar-refractivity contribution in [1.29, 1.82) is 0 Å². The first kappa shape index (κ1) is 16.2. The van der Waals surface area contributed by atoms with Crippen LogP contribution in [0.1, 0.15) is 46.1 Å². The smallest absolute Gasteiger partial charge is 0.417 e. The monoisotopic (exact) mass is 277 g/mol. The van der Waals surface area contributed by atoms with Gasteiger partial charge in [-0.2, -0.15) is 0 Å². The van der Waals surface area contributed by atoms with Gasteiger partial charge in [-0.15, -0.1) is 0 Å². The Hall–Kier alpha value is -1.84. The van der Waals surface area contributed by atoms with E-state index in [1.807, 2.05) is 37.3 Å². The topological polar surface area (TPSA) is 46.6 Å². The first-order valence-corrected chi connectivity index (χ1v) is 6.90. The number of nitrogens with zero attached hydrogens (tertiary/aromatic N) is 1. The van der Waals surface area contributed by atoms with Crippen LogP contribution in [-0.4, -0.2) is 22.5 Å². The van der Waals surface area contributed by atoms with Gasteiger partial charge < -0.3 is 4.74 Å². The van der Waals surface area contributed by atoms with E-state index in [0.717, 1.165) is 5.56 Å². The van der Waals surface area contributed by atoms with E-state index in [9.17, 15) is 9.59 Å². The number of benzene rings is 1. The highest BCUT2D eigenvalue weighted by molar-refractivity contribution is 5.92. The zero-order chi connectivity index (χ0) is 15.2. The summed E-state index contributed by atoms with van der Waals surface area (Å²) in [6.07, 6.45) is 0.457. The van der Waals surface area contributed by atoms with Crippen LogP contribution >= 0.6 is 0 Å². The molecule has 0 unspecified atom stereocenters. The van der Waals surface area contributed by atoms with E-state index in [1.54, 1.807) is 20.8 Å². The molecular weight excluding hydrogens is 254 g/mol. The summed E-state index contributed by atoms with van der Waals surface area (Å²) in [6, 6.07) is 9.43. The van der Waals surface area contributed by atoms with Crippen LogP contribution in [0.3, 0.4) is 0 Å². The van der Waals surface area contributed by atoms with E-state index in [1.165, 1.54) is 4.90 Å². The summed E-state index contributed by atoms with van der Waals surface area (Å²) in [4.78, 5) is 25.4. The van der Waals surface area contributed by atoms with Gasteiger partial charge in [0.15, 0.2) is 0 Å². The predicted octanol–water partition coefficient (Wildman–Crippen LogP) is 3.75. The molecule has 0 aliphatic rings. The van der Waals surface area contributed by atoms with Crippen LogP contribution in [0.2, 0.25) is 0 Å². The number of carbonyl (C=O) groups excluding carboxylic acids is 2. The molecule has 0 aliphatic heterocycles. The second-order valence-corrected chi connectivity index (χ2v) is 5.70. The van der Waals surface area contributed by atoms with Gasteiger partial charge in [-0.1, -0.05) is 37.3 Å². The van der Waals surface area contributed by atoms with Crippen molar-refractivity contribution in [3.05, 3.63) is 35.9 Å². The fourth-order valence-electron chi connectivity index (χ4n) is 1.69. The van der Waals surface area contributed by atoms with Crippen molar-refractivity contribution < 1.29 is 14.3 Å². The van der Waals surface area contributed by atoms with Crippen LogP contribution < -0.4 is 0 Å². The van der Waals surface area contributed by atoms with Gasteiger partial charge in [-0.05, 0) is 32.8 Å². The van der Waals surface area contributed by atoms with E-state index < -0.39 is 11.7 Å². The number of hydrogen-bond donors (Lipinski definition) is 0. The lowest BCUT2D eigenvalue weighted by Crippen LogP contribution is -2.40. The van der Waals surface area contributed by atoms with Crippen LogP contribution in [0.25, 0.3) is 0 Å². The predicted molar refractivity (Wildman–Crippen MR) is 78.1 cm³/mol. The normalized spacial score (nSPS) is 11.0. The zero-order valence-corrected chi connectivity index (χ0v) is 12.7. The van der Waals surface area contributed by atoms with Crippen LogP contribution in [-0.2, 0) is 16.1 Å². The van der Waals surface area contributed by atoms with Gasteiger partial charge in [0.1, 0.15) is 5.60 Å². The lowest BCUT2D eigenvalue weighted by molar-refractivity contribution is -0.130. The Bertz CT molecular complexity index is 449. The third-order valence-electron chi connectivity index (χ3n) is 2.56. The molecule has 0 spiro atoms. The van der Waals surface area contributed by atoms with E-state index >= 15 is 0 Å². The highest BCUT2D eigenvalue weighted by Crippen LogP contribution is 2.14. The van der Waals surface area contributed by atoms with E-state index in [4.69, 9.17) is 4.74 Å². The molecular formula is C16H23NO3. The molecule has 0 fully saturated rings. The Morgan fingerprint density at radius 3 is 2.25 bits per heavy atom. The fourth-order valence-corrected chi connectivity index (χ4v) is 1.69. The van der Waals surface area contributed by atoms with E-state index in [2.05, 4.69) is 0 Å². The summed E-state index contributed by atoms with van der Waals surface area (Å²) in [5.41, 5.74) is 0.293.